The van der Waals surface area contributed by atoms with Gasteiger partial charge >= 0.3 is 5.97 Å². The Bertz CT molecular complexity index is 214. The smallest absolute Gasteiger partial charge is 0.318 e. The molecule has 0 aliphatic rings. The van der Waals surface area contributed by atoms with Crippen molar-refractivity contribution in [3.63, 3.8) is 0 Å². The topological polar surface area (TPSA) is 78.4 Å². The van der Waals surface area contributed by atoms with Gasteiger partial charge in [0, 0.05) is 6.54 Å². The molecule has 5 nitrogen and oxygen atoms in total. The number of nitrogens with one attached hydrogen (secondary N) is 2. The highest BCUT2D eigenvalue weighted by Gasteiger charge is 2.35. The standard InChI is InChI=1S/C9H18N2O3/c1-9(2,8(13)14)7(12)11-6-4-5-10-3/h10H,4-6H2,1-3H3,(H,11,12)(H,13,14). The molecular weight excluding hydrogens is 184 g/mol. The quantitative estimate of drug-likeness (QED) is 0.412. The van der Waals surface area contributed by atoms with Crippen molar-refractivity contribution < 1.29 is 14.7 Å². The van der Waals surface area contributed by atoms with Gasteiger partial charge < -0.3 is 15.7 Å². The summed E-state index contributed by atoms with van der Waals surface area (Å²) in [6.45, 7) is 4.08. The highest BCUT2D eigenvalue weighted by Crippen LogP contribution is 2.14. The maximum absolute atomic E-state index is 11.4. The van der Waals surface area contributed by atoms with E-state index >= 15 is 0 Å². The van der Waals surface area contributed by atoms with Crippen LogP contribution in [0.4, 0.5) is 0 Å². The molecule has 3 N–H and O–H groups in total. The van der Waals surface area contributed by atoms with Crippen molar-refractivity contribution in [3.8, 4) is 0 Å². The number of aliphatic carboxylic acids is 1. The van der Waals surface area contributed by atoms with Crippen LogP contribution in [0.25, 0.3) is 0 Å². The van der Waals surface area contributed by atoms with Crippen molar-refractivity contribution in [2.75, 3.05) is 20.1 Å². The number of carboxylic acid groups (broad SMARTS) is 1. The molecule has 0 bridgehead atoms. The van der Waals surface area contributed by atoms with Crippen LogP contribution in [0, 0.1) is 5.41 Å². The monoisotopic (exact) mass is 202 g/mol. The van der Waals surface area contributed by atoms with E-state index < -0.39 is 17.3 Å². The average Bonchev–Trinajstić information content (AvgIpc) is 2.11. The van der Waals surface area contributed by atoms with Crippen LogP contribution in [0.15, 0.2) is 0 Å². The summed E-state index contributed by atoms with van der Waals surface area (Å²) < 4.78 is 0. The zero-order valence-electron chi connectivity index (χ0n) is 8.89. The van der Waals surface area contributed by atoms with Gasteiger partial charge in [-0.05, 0) is 33.9 Å². The predicted octanol–water partition coefficient (Wildman–Crippen LogP) is -0.177. The molecule has 0 fully saturated rings. The van der Waals surface area contributed by atoms with E-state index in [4.69, 9.17) is 5.11 Å². The van der Waals surface area contributed by atoms with Gasteiger partial charge in [-0.25, -0.2) is 0 Å². The molecule has 0 saturated heterocycles. The first-order valence-electron chi connectivity index (χ1n) is 4.59. The number of carbonyl (C=O) groups is 2. The van der Waals surface area contributed by atoms with E-state index in [9.17, 15) is 9.59 Å². The Morgan fingerprint density at radius 3 is 2.29 bits per heavy atom. The van der Waals surface area contributed by atoms with Gasteiger partial charge in [-0.2, -0.15) is 0 Å². The van der Waals surface area contributed by atoms with Gasteiger partial charge in [0.1, 0.15) is 5.41 Å². The summed E-state index contributed by atoms with van der Waals surface area (Å²) in [6.07, 6.45) is 0.790. The zero-order valence-corrected chi connectivity index (χ0v) is 8.89. The van der Waals surface area contributed by atoms with Crippen LogP contribution in [0.5, 0.6) is 0 Å². The van der Waals surface area contributed by atoms with Crippen molar-refractivity contribution >= 4 is 11.9 Å². The molecule has 1 amide bonds. The Balaban J connectivity index is 3.90. The van der Waals surface area contributed by atoms with Crippen molar-refractivity contribution in [2.24, 2.45) is 5.41 Å². The molecule has 0 rings (SSSR count). The minimum absolute atomic E-state index is 0.443. The molecule has 82 valence electrons. The summed E-state index contributed by atoms with van der Waals surface area (Å²) >= 11 is 0. The van der Waals surface area contributed by atoms with Crippen LogP contribution in [-0.4, -0.2) is 37.1 Å². The third-order valence-electron chi connectivity index (χ3n) is 1.99. The zero-order chi connectivity index (χ0) is 11.2. The largest absolute Gasteiger partial charge is 0.480 e. The lowest BCUT2D eigenvalue weighted by Crippen LogP contribution is -2.42. The van der Waals surface area contributed by atoms with Crippen LogP contribution in [-0.2, 0) is 9.59 Å². The number of amides is 1. The molecule has 0 saturated carbocycles. The van der Waals surface area contributed by atoms with Gasteiger partial charge in [0.25, 0.3) is 0 Å². The molecule has 0 heterocycles. The number of hydrogen-bond acceptors (Lipinski definition) is 3. The summed E-state index contributed by atoms with van der Waals surface area (Å²) in [7, 11) is 1.82. The predicted molar refractivity (Wildman–Crippen MR) is 53.0 cm³/mol. The highest BCUT2D eigenvalue weighted by atomic mass is 16.4. The molecule has 0 aromatic carbocycles. The number of carboxylic acids is 1. The van der Waals surface area contributed by atoms with Gasteiger partial charge in [-0.15, -0.1) is 0 Å². The van der Waals surface area contributed by atoms with Gasteiger partial charge in [-0.3, -0.25) is 9.59 Å². The average molecular weight is 202 g/mol. The van der Waals surface area contributed by atoms with Crippen molar-refractivity contribution in [2.45, 2.75) is 20.3 Å². The summed E-state index contributed by atoms with van der Waals surface area (Å²) in [4.78, 5) is 22.0. The first kappa shape index (κ1) is 12.9. The lowest BCUT2D eigenvalue weighted by atomic mass is 9.93. The van der Waals surface area contributed by atoms with E-state index in [0.717, 1.165) is 13.0 Å². The van der Waals surface area contributed by atoms with Crippen LogP contribution in [0.3, 0.4) is 0 Å². The Morgan fingerprint density at radius 2 is 1.86 bits per heavy atom. The molecule has 5 heteroatoms. The van der Waals surface area contributed by atoms with E-state index in [0.29, 0.717) is 6.54 Å². The lowest BCUT2D eigenvalue weighted by Gasteiger charge is -2.18. The number of rotatable bonds is 6. The van der Waals surface area contributed by atoms with Crippen LogP contribution < -0.4 is 10.6 Å². The fourth-order valence-electron chi connectivity index (χ4n) is 0.785. The van der Waals surface area contributed by atoms with Crippen LogP contribution in [0.1, 0.15) is 20.3 Å². The van der Waals surface area contributed by atoms with Gasteiger partial charge in [0.05, 0.1) is 0 Å². The Labute approximate surface area is 83.9 Å². The maximum Gasteiger partial charge on any atom is 0.318 e. The van der Waals surface area contributed by atoms with Crippen molar-refractivity contribution in [3.05, 3.63) is 0 Å². The van der Waals surface area contributed by atoms with Gasteiger partial charge in [0.2, 0.25) is 5.91 Å². The second kappa shape index (κ2) is 5.59. The first-order valence-corrected chi connectivity index (χ1v) is 4.59. The Kier molecular flexibility index (Phi) is 5.15. The van der Waals surface area contributed by atoms with Crippen LogP contribution in [0.2, 0.25) is 0 Å². The fraction of sp³-hybridized carbons (Fsp3) is 0.778. The summed E-state index contributed by atoms with van der Waals surface area (Å²) in [5.74, 6) is -1.55. The number of carbonyl (C=O) groups excluding carboxylic acids is 1. The molecule has 0 radical (unpaired) electrons. The van der Waals surface area contributed by atoms with E-state index in [-0.39, 0.29) is 0 Å². The summed E-state index contributed by atoms with van der Waals surface area (Å²) in [5.41, 5.74) is -1.35. The minimum atomic E-state index is -1.35. The van der Waals surface area contributed by atoms with Gasteiger partial charge in [0.15, 0.2) is 0 Å². The summed E-state index contributed by atoms with van der Waals surface area (Å²) in [5, 5.41) is 14.3. The Hall–Kier alpha value is -1.10. The fourth-order valence-corrected chi connectivity index (χ4v) is 0.785. The van der Waals surface area contributed by atoms with Crippen molar-refractivity contribution in [1.29, 1.82) is 0 Å². The van der Waals surface area contributed by atoms with Crippen molar-refractivity contribution in [1.82, 2.24) is 10.6 Å². The molecule has 0 unspecified atom stereocenters. The molecular formula is C9H18N2O3. The first-order chi connectivity index (χ1) is 6.42. The highest BCUT2D eigenvalue weighted by molar-refractivity contribution is 6.00. The molecule has 0 aromatic heterocycles. The second-order valence-electron chi connectivity index (χ2n) is 3.64. The molecule has 14 heavy (non-hydrogen) atoms. The third kappa shape index (κ3) is 3.74. The van der Waals surface area contributed by atoms with E-state index in [1.54, 1.807) is 0 Å². The minimum Gasteiger partial charge on any atom is -0.480 e. The molecule has 0 spiro atoms. The SMILES string of the molecule is CNCCCNC(=O)C(C)(C)C(=O)O. The van der Waals surface area contributed by atoms with Crippen LogP contribution >= 0.6 is 0 Å². The summed E-state index contributed by atoms with van der Waals surface area (Å²) in [6, 6.07) is 0. The Morgan fingerprint density at radius 1 is 1.29 bits per heavy atom. The molecule has 0 aliphatic carbocycles. The molecule has 0 aliphatic heterocycles. The number of hydrogen-bond donors (Lipinski definition) is 3. The normalized spacial score (nSPS) is 11.1. The lowest BCUT2D eigenvalue weighted by molar-refractivity contribution is -0.153. The maximum atomic E-state index is 11.4. The molecule has 0 aromatic rings. The van der Waals surface area contributed by atoms with E-state index in [1.807, 2.05) is 7.05 Å². The third-order valence-corrected chi connectivity index (χ3v) is 1.99. The van der Waals surface area contributed by atoms with Gasteiger partial charge in [-0.1, -0.05) is 0 Å². The van der Waals surface area contributed by atoms with E-state index in [2.05, 4.69) is 10.6 Å². The van der Waals surface area contributed by atoms with E-state index in [1.165, 1.54) is 13.8 Å². The second-order valence-corrected chi connectivity index (χ2v) is 3.64. The molecule has 0 atom stereocenters.